The Balaban J connectivity index is 1.99. The summed E-state index contributed by atoms with van der Waals surface area (Å²) >= 11 is 0. The molecule has 6 nitrogen and oxygen atoms in total. The second-order valence-electron chi connectivity index (χ2n) is 5.55. The lowest BCUT2D eigenvalue weighted by molar-refractivity contribution is -0.154. The number of nitrogens with one attached hydrogen (secondary N) is 1. The molecule has 2 rings (SSSR count). The first-order chi connectivity index (χ1) is 10.1. The number of barbiturate groups is 1. The molecule has 0 aromatic carbocycles. The highest BCUT2D eigenvalue weighted by Crippen LogP contribution is 2.40. The number of nitrogens with zero attached hydrogens (tertiary/aromatic N) is 1. The smallest absolute Gasteiger partial charge is 0.330 e. The molecule has 0 bridgehead atoms. The molecule has 1 N–H and O–H groups in total. The van der Waals surface area contributed by atoms with Gasteiger partial charge in [-0.05, 0) is 19.3 Å². The Morgan fingerprint density at radius 3 is 2.57 bits per heavy atom. The van der Waals surface area contributed by atoms with Crippen LogP contribution < -0.4 is 5.32 Å². The second-order valence-corrected chi connectivity index (χ2v) is 5.55. The number of amides is 4. The maximum absolute atomic E-state index is 12.6. The lowest BCUT2D eigenvalue weighted by Gasteiger charge is -2.41. The predicted molar refractivity (Wildman–Crippen MR) is 76.4 cm³/mol. The summed E-state index contributed by atoms with van der Waals surface area (Å²) in [6.07, 6.45) is 6.24. The Hall–Kier alpha value is -1.69. The third kappa shape index (κ3) is 3.15. The Labute approximate surface area is 124 Å². The van der Waals surface area contributed by atoms with Crippen LogP contribution in [-0.4, -0.2) is 42.5 Å². The van der Waals surface area contributed by atoms with Crippen molar-refractivity contribution < 1.29 is 19.1 Å². The molecular formula is C15H22N2O4. The van der Waals surface area contributed by atoms with Gasteiger partial charge in [0.1, 0.15) is 5.41 Å². The standard InChI is InChI=1S/C15H22N2O4/c1-2-3-10-21-11-9-17-13(19)15(7-5-4-6-8-15)12(18)16-14(17)20/h2H,1,3-11H2,(H,16,18,20). The number of hydrogen-bond donors (Lipinski definition) is 1. The van der Waals surface area contributed by atoms with Crippen molar-refractivity contribution >= 4 is 17.8 Å². The van der Waals surface area contributed by atoms with E-state index in [0.717, 1.165) is 30.6 Å². The fourth-order valence-corrected chi connectivity index (χ4v) is 2.96. The highest BCUT2D eigenvalue weighted by Gasteiger charge is 2.53. The molecule has 4 amide bonds. The Bertz CT molecular complexity index is 441. The molecule has 116 valence electrons. The molecule has 0 unspecified atom stereocenters. The molecule has 0 radical (unpaired) electrons. The van der Waals surface area contributed by atoms with Gasteiger partial charge >= 0.3 is 6.03 Å². The number of imide groups is 2. The van der Waals surface area contributed by atoms with Gasteiger partial charge in [0.25, 0.3) is 0 Å². The van der Waals surface area contributed by atoms with Crippen LogP contribution in [0, 0.1) is 5.41 Å². The molecular weight excluding hydrogens is 272 g/mol. The molecule has 1 saturated heterocycles. The van der Waals surface area contributed by atoms with Crippen LogP contribution in [0.15, 0.2) is 12.7 Å². The van der Waals surface area contributed by atoms with Crippen molar-refractivity contribution in [3.63, 3.8) is 0 Å². The van der Waals surface area contributed by atoms with E-state index < -0.39 is 17.4 Å². The fraction of sp³-hybridized carbons (Fsp3) is 0.667. The van der Waals surface area contributed by atoms with Gasteiger partial charge in [-0.3, -0.25) is 19.8 Å². The molecule has 1 aliphatic carbocycles. The van der Waals surface area contributed by atoms with Gasteiger partial charge in [-0.15, -0.1) is 6.58 Å². The summed E-state index contributed by atoms with van der Waals surface area (Å²) < 4.78 is 5.35. The zero-order valence-electron chi connectivity index (χ0n) is 12.2. The number of carbonyl (C=O) groups is 3. The molecule has 6 heteroatoms. The minimum atomic E-state index is -1.03. The normalized spacial score (nSPS) is 21.5. The van der Waals surface area contributed by atoms with Gasteiger partial charge in [0.15, 0.2) is 0 Å². The zero-order valence-corrected chi connectivity index (χ0v) is 12.2. The van der Waals surface area contributed by atoms with Gasteiger partial charge in [-0.1, -0.05) is 25.3 Å². The second kappa shape index (κ2) is 6.85. The molecule has 2 fully saturated rings. The van der Waals surface area contributed by atoms with Crippen LogP contribution >= 0.6 is 0 Å². The summed E-state index contributed by atoms with van der Waals surface area (Å²) in [7, 11) is 0. The van der Waals surface area contributed by atoms with E-state index in [1.807, 2.05) is 0 Å². The Morgan fingerprint density at radius 1 is 1.19 bits per heavy atom. The SMILES string of the molecule is C=CCCOCCN1C(=O)NC(=O)C2(CCCCC2)C1=O. The average Bonchev–Trinajstić information content (AvgIpc) is 2.49. The van der Waals surface area contributed by atoms with Gasteiger partial charge in [0, 0.05) is 0 Å². The van der Waals surface area contributed by atoms with Gasteiger partial charge < -0.3 is 4.74 Å². The van der Waals surface area contributed by atoms with Crippen LogP contribution in [0.5, 0.6) is 0 Å². The first kappa shape index (κ1) is 15.7. The Morgan fingerprint density at radius 2 is 1.90 bits per heavy atom. The maximum Gasteiger partial charge on any atom is 0.330 e. The van der Waals surface area contributed by atoms with Crippen LogP contribution in [0.25, 0.3) is 0 Å². The summed E-state index contributed by atoms with van der Waals surface area (Å²) in [5, 5.41) is 2.33. The minimum Gasteiger partial charge on any atom is -0.379 e. The van der Waals surface area contributed by atoms with Crippen molar-refractivity contribution in [1.82, 2.24) is 10.2 Å². The average molecular weight is 294 g/mol. The van der Waals surface area contributed by atoms with Crippen molar-refractivity contribution in [1.29, 1.82) is 0 Å². The lowest BCUT2D eigenvalue weighted by Crippen LogP contribution is -2.64. The van der Waals surface area contributed by atoms with Gasteiger partial charge in [-0.2, -0.15) is 0 Å². The zero-order chi connectivity index (χ0) is 15.3. The minimum absolute atomic E-state index is 0.177. The number of rotatable bonds is 6. The fourth-order valence-electron chi connectivity index (χ4n) is 2.96. The largest absolute Gasteiger partial charge is 0.379 e. The van der Waals surface area contributed by atoms with E-state index in [9.17, 15) is 14.4 Å². The van der Waals surface area contributed by atoms with Crippen LogP contribution in [0.1, 0.15) is 38.5 Å². The van der Waals surface area contributed by atoms with Crippen LogP contribution in [0.2, 0.25) is 0 Å². The summed E-state index contributed by atoms with van der Waals surface area (Å²) in [6.45, 7) is 4.56. The number of ether oxygens (including phenoxy) is 1. The van der Waals surface area contributed by atoms with Crippen LogP contribution in [0.4, 0.5) is 4.79 Å². The third-order valence-corrected chi connectivity index (χ3v) is 4.19. The quantitative estimate of drug-likeness (QED) is 0.459. The summed E-state index contributed by atoms with van der Waals surface area (Å²) in [5.74, 6) is -0.788. The first-order valence-corrected chi connectivity index (χ1v) is 7.48. The third-order valence-electron chi connectivity index (χ3n) is 4.19. The molecule has 2 aliphatic rings. The molecule has 1 saturated carbocycles. The van der Waals surface area contributed by atoms with Crippen molar-refractivity contribution in [2.75, 3.05) is 19.8 Å². The van der Waals surface area contributed by atoms with Crippen molar-refractivity contribution in [3.05, 3.63) is 12.7 Å². The molecule has 0 atom stereocenters. The van der Waals surface area contributed by atoms with Crippen molar-refractivity contribution in [3.8, 4) is 0 Å². The van der Waals surface area contributed by atoms with E-state index in [1.165, 1.54) is 0 Å². The van der Waals surface area contributed by atoms with E-state index in [2.05, 4.69) is 11.9 Å². The number of carbonyl (C=O) groups excluding carboxylic acids is 3. The van der Waals surface area contributed by atoms with Crippen molar-refractivity contribution in [2.24, 2.45) is 5.41 Å². The molecule has 21 heavy (non-hydrogen) atoms. The van der Waals surface area contributed by atoms with Gasteiger partial charge in [-0.25, -0.2) is 4.79 Å². The lowest BCUT2D eigenvalue weighted by atomic mass is 9.71. The van der Waals surface area contributed by atoms with E-state index in [-0.39, 0.29) is 19.1 Å². The van der Waals surface area contributed by atoms with E-state index in [0.29, 0.717) is 19.4 Å². The van der Waals surface area contributed by atoms with E-state index in [1.54, 1.807) is 6.08 Å². The monoisotopic (exact) mass is 294 g/mol. The topological polar surface area (TPSA) is 75.7 Å². The summed E-state index contributed by atoms with van der Waals surface area (Å²) in [5.41, 5.74) is -1.03. The molecule has 1 aliphatic heterocycles. The highest BCUT2D eigenvalue weighted by molar-refractivity contribution is 6.19. The van der Waals surface area contributed by atoms with Crippen molar-refractivity contribution in [2.45, 2.75) is 38.5 Å². The van der Waals surface area contributed by atoms with Gasteiger partial charge in [0.05, 0.1) is 19.8 Å². The molecule has 1 heterocycles. The van der Waals surface area contributed by atoms with Crippen LogP contribution in [-0.2, 0) is 14.3 Å². The molecule has 0 aromatic rings. The van der Waals surface area contributed by atoms with Crippen LogP contribution in [0.3, 0.4) is 0 Å². The molecule has 0 aromatic heterocycles. The molecule has 1 spiro atoms. The maximum atomic E-state index is 12.6. The highest BCUT2D eigenvalue weighted by atomic mass is 16.5. The number of urea groups is 1. The predicted octanol–water partition coefficient (Wildman–Crippen LogP) is 1.61. The Kier molecular flexibility index (Phi) is 5.12. The van der Waals surface area contributed by atoms with E-state index in [4.69, 9.17) is 4.74 Å². The first-order valence-electron chi connectivity index (χ1n) is 7.48. The van der Waals surface area contributed by atoms with E-state index >= 15 is 0 Å². The summed E-state index contributed by atoms with van der Waals surface area (Å²) in [6, 6.07) is -0.631. The number of hydrogen-bond acceptors (Lipinski definition) is 4. The van der Waals surface area contributed by atoms with Gasteiger partial charge in [0.2, 0.25) is 11.8 Å². The summed E-state index contributed by atoms with van der Waals surface area (Å²) in [4.78, 5) is 37.7.